The van der Waals surface area contributed by atoms with Gasteiger partial charge in [-0.3, -0.25) is 9.99 Å². The molecule has 2 aromatic heterocycles. The van der Waals surface area contributed by atoms with Gasteiger partial charge in [-0.15, -0.1) is 9.89 Å². The van der Waals surface area contributed by atoms with Gasteiger partial charge >= 0.3 is 0 Å². The molecular formula is C21H20ClN7. The smallest absolute Gasteiger partial charge is 0.178 e. The van der Waals surface area contributed by atoms with E-state index in [0.29, 0.717) is 11.4 Å². The SMILES string of the molecule is Clc1ccc2c(Nc3cccc(Cc4nnnn4N4CCCC4)c3)ccnc2c1. The summed E-state index contributed by atoms with van der Waals surface area (Å²) in [5.74, 6) is 0.855. The summed E-state index contributed by atoms with van der Waals surface area (Å²) in [6.45, 7) is 2.00. The Balaban J connectivity index is 1.39. The lowest BCUT2D eigenvalue weighted by molar-refractivity contribution is 0.548. The van der Waals surface area contributed by atoms with E-state index in [2.05, 4.69) is 49.0 Å². The Morgan fingerprint density at radius 2 is 1.93 bits per heavy atom. The normalized spacial score (nSPS) is 13.9. The van der Waals surface area contributed by atoms with E-state index in [0.717, 1.165) is 46.8 Å². The first kappa shape index (κ1) is 17.9. The van der Waals surface area contributed by atoms with Crippen molar-refractivity contribution in [3.63, 3.8) is 0 Å². The summed E-state index contributed by atoms with van der Waals surface area (Å²) in [5.41, 5.74) is 4.01. The minimum Gasteiger partial charge on any atom is -0.355 e. The first-order valence-corrected chi connectivity index (χ1v) is 10.1. The number of nitrogens with zero attached hydrogens (tertiary/aromatic N) is 6. The predicted molar refractivity (Wildman–Crippen MR) is 114 cm³/mol. The lowest BCUT2D eigenvalue weighted by Gasteiger charge is -2.18. The van der Waals surface area contributed by atoms with E-state index in [-0.39, 0.29) is 0 Å². The van der Waals surface area contributed by atoms with Crippen LogP contribution in [0.3, 0.4) is 0 Å². The van der Waals surface area contributed by atoms with Crippen molar-refractivity contribution in [1.29, 1.82) is 0 Å². The van der Waals surface area contributed by atoms with Gasteiger partial charge in [-0.1, -0.05) is 23.7 Å². The van der Waals surface area contributed by atoms with E-state index in [1.54, 1.807) is 6.20 Å². The number of hydrogen-bond acceptors (Lipinski definition) is 6. The number of tetrazole rings is 1. The third-order valence-electron chi connectivity index (χ3n) is 5.14. The van der Waals surface area contributed by atoms with Crippen molar-refractivity contribution in [3.8, 4) is 0 Å². The number of aromatic nitrogens is 5. The molecular weight excluding hydrogens is 386 g/mol. The van der Waals surface area contributed by atoms with E-state index in [1.807, 2.05) is 35.1 Å². The fraction of sp³-hybridized carbons (Fsp3) is 0.238. The Bertz CT molecular complexity index is 1150. The topological polar surface area (TPSA) is 71.8 Å². The molecule has 146 valence electrons. The van der Waals surface area contributed by atoms with Crippen LogP contribution in [0.15, 0.2) is 54.7 Å². The highest BCUT2D eigenvalue weighted by Gasteiger charge is 2.17. The van der Waals surface area contributed by atoms with Crippen LogP contribution in [-0.2, 0) is 6.42 Å². The molecule has 1 saturated heterocycles. The first-order valence-electron chi connectivity index (χ1n) is 9.69. The second-order valence-corrected chi connectivity index (χ2v) is 7.60. The zero-order valence-corrected chi connectivity index (χ0v) is 16.5. The molecule has 0 radical (unpaired) electrons. The quantitative estimate of drug-likeness (QED) is 0.542. The third-order valence-corrected chi connectivity index (χ3v) is 5.37. The summed E-state index contributed by atoms with van der Waals surface area (Å²) in [6, 6.07) is 16.0. The minimum absolute atomic E-state index is 0.672. The number of fused-ring (bicyclic) bond motifs is 1. The van der Waals surface area contributed by atoms with Crippen molar-refractivity contribution in [1.82, 2.24) is 25.3 Å². The monoisotopic (exact) mass is 405 g/mol. The molecule has 1 fully saturated rings. The molecule has 0 bridgehead atoms. The number of benzene rings is 2. The molecule has 0 saturated carbocycles. The Morgan fingerprint density at radius 1 is 1.03 bits per heavy atom. The van der Waals surface area contributed by atoms with Gasteiger partial charge in [0.25, 0.3) is 0 Å². The van der Waals surface area contributed by atoms with Crippen molar-refractivity contribution in [2.75, 3.05) is 23.4 Å². The van der Waals surface area contributed by atoms with Crippen LogP contribution in [0, 0.1) is 0 Å². The van der Waals surface area contributed by atoms with Gasteiger partial charge in [-0.2, -0.15) is 0 Å². The fourth-order valence-corrected chi connectivity index (χ4v) is 3.91. The van der Waals surface area contributed by atoms with Crippen LogP contribution in [0.1, 0.15) is 24.2 Å². The molecule has 0 aliphatic carbocycles. The van der Waals surface area contributed by atoms with Crippen molar-refractivity contribution >= 4 is 33.9 Å². The van der Waals surface area contributed by atoms with Gasteiger partial charge in [0.1, 0.15) is 0 Å². The zero-order chi connectivity index (χ0) is 19.6. The van der Waals surface area contributed by atoms with Crippen molar-refractivity contribution in [2.24, 2.45) is 0 Å². The highest BCUT2D eigenvalue weighted by Crippen LogP contribution is 2.27. The van der Waals surface area contributed by atoms with Crippen LogP contribution >= 0.6 is 11.6 Å². The summed E-state index contributed by atoms with van der Waals surface area (Å²) in [4.78, 5) is 6.26. The average molecular weight is 406 g/mol. The molecule has 8 heteroatoms. The van der Waals surface area contributed by atoms with Gasteiger partial charge in [0.2, 0.25) is 0 Å². The molecule has 3 heterocycles. The van der Waals surface area contributed by atoms with Crippen LogP contribution in [-0.4, -0.2) is 38.4 Å². The molecule has 7 nitrogen and oxygen atoms in total. The second kappa shape index (κ2) is 7.67. The molecule has 1 aliphatic heterocycles. The average Bonchev–Trinajstić information content (AvgIpc) is 3.40. The van der Waals surface area contributed by atoms with Crippen LogP contribution in [0.2, 0.25) is 5.02 Å². The van der Waals surface area contributed by atoms with Gasteiger partial charge in [-0.05, 0) is 65.2 Å². The molecule has 4 aromatic rings. The van der Waals surface area contributed by atoms with Gasteiger partial charge in [0.15, 0.2) is 5.82 Å². The summed E-state index contributed by atoms with van der Waals surface area (Å²) in [6.07, 6.45) is 4.83. The van der Waals surface area contributed by atoms with Crippen molar-refractivity contribution in [3.05, 3.63) is 71.1 Å². The molecule has 29 heavy (non-hydrogen) atoms. The van der Waals surface area contributed by atoms with Crippen LogP contribution in [0.4, 0.5) is 11.4 Å². The largest absolute Gasteiger partial charge is 0.355 e. The van der Waals surface area contributed by atoms with E-state index in [4.69, 9.17) is 11.6 Å². The summed E-state index contributed by atoms with van der Waals surface area (Å²) < 4.78 is 0. The minimum atomic E-state index is 0.672. The van der Waals surface area contributed by atoms with E-state index in [1.165, 1.54) is 12.8 Å². The van der Waals surface area contributed by atoms with Crippen LogP contribution in [0.5, 0.6) is 0 Å². The Labute approximate surface area is 173 Å². The first-order chi connectivity index (χ1) is 14.3. The Kier molecular flexibility index (Phi) is 4.73. The van der Waals surface area contributed by atoms with Crippen molar-refractivity contribution < 1.29 is 0 Å². The molecule has 0 atom stereocenters. The maximum Gasteiger partial charge on any atom is 0.178 e. The molecule has 1 N–H and O–H groups in total. The van der Waals surface area contributed by atoms with Crippen LogP contribution in [0.25, 0.3) is 10.9 Å². The van der Waals surface area contributed by atoms with Gasteiger partial charge < -0.3 is 5.32 Å². The molecule has 0 unspecified atom stereocenters. The molecule has 0 amide bonds. The van der Waals surface area contributed by atoms with E-state index >= 15 is 0 Å². The lowest BCUT2D eigenvalue weighted by Crippen LogP contribution is -2.34. The van der Waals surface area contributed by atoms with Gasteiger partial charge in [0, 0.05) is 47.5 Å². The Hall–Kier alpha value is -3.19. The van der Waals surface area contributed by atoms with Crippen molar-refractivity contribution in [2.45, 2.75) is 19.3 Å². The predicted octanol–water partition coefficient (Wildman–Crippen LogP) is 3.94. The highest BCUT2D eigenvalue weighted by molar-refractivity contribution is 6.31. The van der Waals surface area contributed by atoms with Crippen LogP contribution < -0.4 is 10.3 Å². The number of rotatable bonds is 5. The van der Waals surface area contributed by atoms with Gasteiger partial charge in [-0.25, -0.2) is 0 Å². The fourth-order valence-electron chi connectivity index (χ4n) is 3.74. The lowest BCUT2D eigenvalue weighted by atomic mass is 10.1. The summed E-state index contributed by atoms with van der Waals surface area (Å²) in [7, 11) is 0. The summed E-state index contributed by atoms with van der Waals surface area (Å²) in [5, 5.41) is 19.7. The standard InChI is InChI=1S/C21H20ClN7/c22-16-6-7-18-19(8-9-23-20(18)14-16)24-17-5-3-4-15(12-17)13-21-25-26-27-29(21)28-10-1-2-11-28/h3-9,12,14H,1-2,10-11,13H2,(H,23,24). The van der Waals surface area contributed by atoms with E-state index < -0.39 is 0 Å². The van der Waals surface area contributed by atoms with Gasteiger partial charge in [0.05, 0.1) is 5.52 Å². The molecule has 0 spiro atoms. The molecule has 5 rings (SSSR count). The Morgan fingerprint density at radius 3 is 2.83 bits per heavy atom. The summed E-state index contributed by atoms with van der Waals surface area (Å²) >= 11 is 6.10. The number of anilines is 2. The maximum absolute atomic E-state index is 6.10. The number of halogens is 1. The number of hydrogen-bond donors (Lipinski definition) is 1. The van der Waals surface area contributed by atoms with E-state index in [9.17, 15) is 0 Å². The second-order valence-electron chi connectivity index (χ2n) is 7.17. The third kappa shape index (κ3) is 3.73. The zero-order valence-electron chi connectivity index (χ0n) is 15.8. The number of nitrogens with one attached hydrogen (secondary N) is 1. The molecule has 2 aromatic carbocycles. The molecule has 1 aliphatic rings. The highest BCUT2D eigenvalue weighted by atomic mass is 35.5. The maximum atomic E-state index is 6.10. The number of pyridine rings is 1.